The minimum atomic E-state index is -3.44. The Balaban J connectivity index is 1.90. The molecule has 2 heterocycles. The van der Waals surface area contributed by atoms with Crippen LogP contribution in [0, 0.1) is 0 Å². The number of hydrogen-bond donors (Lipinski definition) is 2. The number of nitrogens with one attached hydrogen (secondary N) is 2. The van der Waals surface area contributed by atoms with Crippen molar-refractivity contribution >= 4 is 38.9 Å². The highest BCUT2D eigenvalue weighted by Gasteiger charge is 2.21. The van der Waals surface area contributed by atoms with Crippen LogP contribution in [0.5, 0.6) is 0 Å². The first-order valence-electron chi connectivity index (χ1n) is 7.76. The molecule has 26 heavy (non-hydrogen) atoms. The summed E-state index contributed by atoms with van der Waals surface area (Å²) in [4.78, 5) is 16.9. The topological polar surface area (TPSA) is 92.6 Å². The van der Waals surface area contributed by atoms with Crippen molar-refractivity contribution in [1.29, 1.82) is 0 Å². The van der Waals surface area contributed by atoms with Crippen molar-refractivity contribution in [3.05, 3.63) is 65.1 Å². The van der Waals surface area contributed by atoms with Crippen molar-refractivity contribution < 1.29 is 13.2 Å². The SMILES string of the molecule is CC(NC(=O)c1c(Cl)nc2ccccn12)c1ccccc1NS(C)(=O)=O. The summed E-state index contributed by atoms with van der Waals surface area (Å²) in [7, 11) is -3.44. The molecule has 0 radical (unpaired) electrons. The molecule has 0 aliphatic rings. The Morgan fingerprint density at radius 3 is 2.62 bits per heavy atom. The first kappa shape index (κ1) is 18.2. The molecule has 1 unspecified atom stereocenters. The lowest BCUT2D eigenvalue weighted by Gasteiger charge is -2.18. The van der Waals surface area contributed by atoms with Crippen molar-refractivity contribution in [1.82, 2.24) is 14.7 Å². The molecule has 0 spiro atoms. The summed E-state index contributed by atoms with van der Waals surface area (Å²) in [6.07, 6.45) is 2.78. The van der Waals surface area contributed by atoms with Gasteiger partial charge in [0.2, 0.25) is 10.0 Å². The lowest BCUT2D eigenvalue weighted by atomic mass is 10.1. The summed E-state index contributed by atoms with van der Waals surface area (Å²) in [6.45, 7) is 1.76. The molecule has 7 nitrogen and oxygen atoms in total. The number of nitrogens with zero attached hydrogens (tertiary/aromatic N) is 2. The molecular weight excluding hydrogens is 376 g/mol. The Hall–Kier alpha value is -2.58. The van der Waals surface area contributed by atoms with E-state index in [4.69, 9.17) is 11.6 Å². The summed E-state index contributed by atoms with van der Waals surface area (Å²) in [5.41, 5.74) is 1.83. The van der Waals surface area contributed by atoms with Crippen LogP contribution in [0.1, 0.15) is 29.0 Å². The van der Waals surface area contributed by atoms with E-state index in [0.29, 0.717) is 16.9 Å². The smallest absolute Gasteiger partial charge is 0.272 e. The number of amides is 1. The number of fused-ring (bicyclic) bond motifs is 1. The number of imidazole rings is 1. The van der Waals surface area contributed by atoms with E-state index in [1.165, 1.54) is 0 Å². The Labute approximate surface area is 156 Å². The van der Waals surface area contributed by atoms with Crippen molar-refractivity contribution in [2.75, 3.05) is 11.0 Å². The van der Waals surface area contributed by atoms with Gasteiger partial charge in [-0.05, 0) is 30.7 Å². The second kappa shape index (κ2) is 6.97. The summed E-state index contributed by atoms with van der Waals surface area (Å²) in [6, 6.07) is 11.7. The zero-order valence-corrected chi connectivity index (χ0v) is 15.7. The van der Waals surface area contributed by atoms with E-state index in [1.807, 2.05) is 0 Å². The van der Waals surface area contributed by atoms with Crippen LogP contribution in [-0.4, -0.2) is 30.0 Å². The summed E-state index contributed by atoms with van der Waals surface area (Å²) < 4.78 is 27.2. The molecule has 2 N–H and O–H groups in total. The lowest BCUT2D eigenvalue weighted by Crippen LogP contribution is -2.28. The van der Waals surface area contributed by atoms with Gasteiger partial charge in [-0.2, -0.15) is 0 Å². The van der Waals surface area contributed by atoms with E-state index in [-0.39, 0.29) is 10.8 Å². The quantitative estimate of drug-likeness (QED) is 0.698. The molecule has 0 saturated carbocycles. The third-order valence-electron chi connectivity index (χ3n) is 3.77. The molecule has 1 amide bonds. The molecule has 3 aromatic rings. The molecule has 1 aromatic carbocycles. The summed E-state index contributed by atoms with van der Waals surface area (Å²) in [5, 5.41) is 2.94. The van der Waals surface area contributed by atoms with Crippen LogP contribution in [0.3, 0.4) is 0 Å². The minimum absolute atomic E-state index is 0.100. The highest BCUT2D eigenvalue weighted by Crippen LogP contribution is 2.25. The average molecular weight is 393 g/mol. The normalized spacial score (nSPS) is 12.7. The van der Waals surface area contributed by atoms with E-state index in [1.54, 1.807) is 60.0 Å². The van der Waals surface area contributed by atoms with Crippen LogP contribution in [0.4, 0.5) is 5.69 Å². The Morgan fingerprint density at radius 2 is 1.88 bits per heavy atom. The molecule has 0 bridgehead atoms. The van der Waals surface area contributed by atoms with Gasteiger partial charge < -0.3 is 5.32 Å². The predicted molar refractivity (Wildman–Crippen MR) is 101 cm³/mol. The Morgan fingerprint density at radius 1 is 1.19 bits per heavy atom. The maximum atomic E-state index is 12.7. The molecule has 9 heteroatoms. The fourth-order valence-electron chi connectivity index (χ4n) is 2.68. The molecule has 0 saturated heterocycles. The molecule has 3 rings (SSSR count). The van der Waals surface area contributed by atoms with Gasteiger partial charge in [-0.15, -0.1) is 0 Å². The largest absolute Gasteiger partial charge is 0.344 e. The number of pyridine rings is 1. The fourth-order valence-corrected chi connectivity index (χ4v) is 3.53. The standard InChI is InChI=1S/C17H17ClN4O3S/c1-11(12-7-3-4-8-13(12)21-26(2,24)25)19-17(23)15-16(18)20-14-9-5-6-10-22(14)15/h3-11,21H,1-2H3,(H,19,23). The summed E-state index contributed by atoms with van der Waals surface area (Å²) >= 11 is 6.13. The van der Waals surface area contributed by atoms with Gasteiger partial charge in [-0.1, -0.05) is 35.9 Å². The number of anilines is 1. The fraction of sp³-hybridized carbons (Fsp3) is 0.176. The van der Waals surface area contributed by atoms with Crippen LogP contribution < -0.4 is 10.0 Å². The van der Waals surface area contributed by atoms with E-state index < -0.39 is 22.0 Å². The molecule has 0 fully saturated rings. The van der Waals surface area contributed by atoms with Crippen LogP contribution >= 0.6 is 11.6 Å². The summed E-state index contributed by atoms with van der Waals surface area (Å²) in [5.74, 6) is -0.407. The maximum Gasteiger partial charge on any atom is 0.272 e. The second-order valence-corrected chi connectivity index (χ2v) is 7.94. The van der Waals surface area contributed by atoms with Crippen LogP contribution in [0.15, 0.2) is 48.7 Å². The van der Waals surface area contributed by atoms with Crippen LogP contribution in [0.25, 0.3) is 5.65 Å². The van der Waals surface area contributed by atoms with E-state index in [2.05, 4.69) is 15.0 Å². The number of carbonyl (C=O) groups excluding carboxylic acids is 1. The van der Waals surface area contributed by atoms with Gasteiger partial charge >= 0.3 is 0 Å². The number of halogens is 1. The monoisotopic (exact) mass is 392 g/mol. The lowest BCUT2D eigenvalue weighted by molar-refractivity contribution is 0.0934. The number of rotatable bonds is 5. The molecule has 1 atom stereocenters. The minimum Gasteiger partial charge on any atom is -0.344 e. The van der Waals surface area contributed by atoms with E-state index in [0.717, 1.165) is 6.26 Å². The van der Waals surface area contributed by atoms with Gasteiger partial charge in [-0.25, -0.2) is 13.4 Å². The van der Waals surface area contributed by atoms with Crippen molar-refractivity contribution in [2.45, 2.75) is 13.0 Å². The first-order valence-corrected chi connectivity index (χ1v) is 10.0. The van der Waals surface area contributed by atoms with Gasteiger partial charge in [0.15, 0.2) is 10.8 Å². The number of benzene rings is 1. The van der Waals surface area contributed by atoms with E-state index in [9.17, 15) is 13.2 Å². The van der Waals surface area contributed by atoms with Gasteiger partial charge in [0, 0.05) is 6.20 Å². The molecular formula is C17H17ClN4O3S. The van der Waals surface area contributed by atoms with Crippen molar-refractivity contribution in [2.24, 2.45) is 0 Å². The van der Waals surface area contributed by atoms with E-state index >= 15 is 0 Å². The highest BCUT2D eigenvalue weighted by molar-refractivity contribution is 7.92. The first-order chi connectivity index (χ1) is 12.3. The van der Waals surface area contributed by atoms with Crippen LogP contribution in [0.2, 0.25) is 5.15 Å². The molecule has 136 valence electrons. The number of sulfonamides is 1. The third-order valence-corrected chi connectivity index (χ3v) is 4.63. The number of carbonyl (C=O) groups is 1. The van der Waals surface area contributed by atoms with Gasteiger partial charge in [0.1, 0.15) is 5.65 Å². The Bertz CT molecular complexity index is 1080. The second-order valence-electron chi connectivity index (χ2n) is 5.84. The van der Waals surface area contributed by atoms with Crippen molar-refractivity contribution in [3.63, 3.8) is 0 Å². The van der Waals surface area contributed by atoms with Gasteiger partial charge in [0.25, 0.3) is 5.91 Å². The number of para-hydroxylation sites is 1. The number of hydrogen-bond acceptors (Lipinski definition) is 4. The maximum absolute atomic E-state index is 12.7. The highest BCUT2D eigenvalue weighted by atomic mass is 35.5. The number of aromatic nitrogens is 2. The van der Waals surface area contributed by atoms with Crippen molar-refractivity contribution in [3.8, 4) is 0 Å². The third kappa shape index (κ3) is 3.81. The zero-order chi connectivity index (χ0) is 18.9. The van der Waals surface area contributed by atoms with Gasteiger partial charge in [0.05, 0.1) is 18.0 Å². The average Bonchev–Trinajstić information content (AvgIpc) is 2.89. The Kier molecular flexibility index (Phi) is 4.88. The predicted octanol–water partition coefficient (Wildman–Crippen LogP) is 2.85. The van der Waals surface area contributed by atoms with Gasteiger partial charge in [-0.3, -0.25) is 13.9 Å². The molecule has 0 aliphatic heterocycles. The van der Waals surface area contributed by atoms with Crippen LogP contribution in [-0.2, 0) is 10.0 Å². The molecule has 2 aromatic heterocycles. The zero-order valence-electron chi connectivity index (χ0n) is 14.1. The molecule has 0 aliphatic carbocycles.